The normalized spacial score (nSPS) is 19.3. The molecular weight excluding hydrogens is 386 g/mol. The van der Waals surface area contributed by atoms with E-state index < -0.39 is 0 Å². The minimum atomic E-state index is -0.0711. The summed E-state index contributed by atoms with van der Waals surface area (Å²) in [4.78, 5) is 15.1. The number of rotatable bonds is 5. The Morgan fingerprint density at radius 3 is 2.59 bits per heavy atom. The SMILES string of the molecule is Cn1ccc(N2CCC(NC(=O)N[C@H](c3cccc(Cl)c3)C3CCCC3)CC2)n1. The van der Waals surface area contributed by atoms with Gasteiger partial charge in [-0.25, -0.2) is 4.79 Å². The fourth-order valence-corrected chi connectivity index (χ4v) is 4.86. The van der Waals surface area contributed by atoms with Gasteiger partial charge in [0.05, 0.1) is 6.04 Å². The van der Waals surface area contributed by atoms with Gasteiger partial charge in [-0.15, -0.1) is 0 Å². The maximum atomic E-state index is 12.8. The summed E-state index contributed by atoms with van der Waals surface area (Å²) in [5, 5.41) is 11.7. The van der Waals surface area contributed by atoms with Gasteiger partial charge in [0.2, 0.25) is 0 Å². The summed E-state index contributed by atoms with van der Waals surface area (Å²) in [6.45, 7) is 1.81. The van der Waals surface area contributed by atoms with E-state index in [0.29, 0.717) is 5.92 Å². The molecule has 2 heterocycles. The molecular formula is C22H30ClN5O. The quantitative estimate of drug-likeness (QED) is 0.766. The Morgan fingerprint density at radius 1 is 1.17 bits per heavy atom. The molecule has 0 unspecified atom stereocenters. The zero-order valence-electron chi connectivity index (χ0n) is 17.0. The molecule has 1 saturated heterocycles. The summed E-state index contributed by atoms with van der Waals surface area (Å²) in [7, 11) is 1.93. The van der Waals surface area contributed by atoms with E-state index in [9.17, 15) is 4.79 Å². The van der Waals surface area contributed by atoms with Crippen LogP contribution in [-0.4, -0.2) is 34.9 Å². The molecule has 0 radical (unpaired) electrons. The lowest BCUT2D eigenvalue weighted by atomic mass is 9.91. The monoisotopic (exact) mass is 415 g/mol. The van der Waals surface area contributed by atoms with Crippen LogP contribution in [0.1, 0.15) is 50.1 Å². The van der Waals surface area contributed by atoms with Crippen LogP contribution in [0, 0.1) is 5.92 Å². The first-order chi connectivity index (χ1) is 14.1. The molecule has 2 aromatic rings. The molecule has 7 heteroatoms. The highest BCUT2D eigenvalue weighted by Crippen LogP contribution is 2.36. The summed E-state index contributed by atoms with van der Waals surface area (Å²) in [5.74, 6) is 1.49. The van der Waals surface area contributed by atoms with Crippen LogP contribution < -0.4 is 15.5 Å². The lowest BCUT2D eigenvalue weighted by Crippen LogP contribution is -2.49. The Balaban J connectivity index is 1.33. The summed E-state index contributed by atoms with van der Waals surface area (Å²) in [5.41, 5.74) is 1.10. The van der Waals surface area contributed by atoms with Crippen LogP contribution in [-0.2, 0) is 7.05 Å². The van der Waals surface area contributed by atoms with Crippen molar-refractivity contribution in [2.24, 2.45) is 13.0 Å². The number of halogens is 1. The van der Waals surface area contributed by atoms with Gasteiger partial charge < -0.3 is 15.5 Å². The number of nitrogens with zero attached hydrogens (tertiary/aromatic N) is 3. The lowest BCUT2D eigenvalue weighted by molar-refractivity contribution is 0.224. The maximum Gasteiger partial charge on any atom is 0.315 e. The van der Waals surface area contributed by atoms with Crippen LogP contribution in [0.3, 0.4) is 0 Å². The van der Waals surface area contributed by atoms with Gasteiger partial charge in [0, 0.05) is 43.5 Å². The van der Waals surface area contributed by atoms with Gasteiger partial charge in [-0.2, -0.15) is 5.10 Å². The van der Waals surface area contributed by atoms with Crippen LogP contribution in [0.5, 0.6) is 0 Å². The van der Waals surface area contributed by atoms with Crippen molar-refractivity contribution in [1.29, 1.82) is 0 Å². The van der Waals surface area contributed by atoms with Crippen LogP contribution in [0.4, 0.5) is 10.6 Å². The Morgan fingerprint density at radius 2 is 1.93 bits per heavy atom. The largest absolute Gasteiger partial charge is 0.355 e. The maximum absolute atomic E-state index is 12.8. The van der Waals surface area contributed by atoms with Crippen molar-refractivity contribution in [2.75, 3.05) is 18.0 Å². The highest BCUT2D eigenvalue weighted by molar-refractivity contribution is 6.30. The number of aromatic nitrogens is 2. The third-order valence-corrected chi connectivity index (χ3v) is 6.45. The predicted octanol–water partition coefficient (Wildman–Crippen LogP) is 4.27. The topological polar surface area (TPSA) is 62.2 Å². The molecule has 4 rings (SSSR count). The van der Waals surface area contributed by atoms with Gasteiger partial charge in [-0.3, -0.25) is 4.68 Å². The van der Waals surface area contributed by atoms with E-state index in [1.807, 2.05) is 42.2 Å². The van der Waals surface area contributed by atoms with E-state index in [1.165, 1.54) is 12.8 Å². The molecule has 1 aliphatic carbocycles. The minimum absolute atomic E-state index is 0.0183. The number of piperidine rings is 1. The van der Waals surface area contributed by atoms with Crippen molar-refractivity contribution < 1.29 is 4.79 Å². The second kappa shape index (κ2) is 9.08. The second-order valence-corrected chi connectivity index (χ2v) is 8.74. The molecule has 2 N–H and O–H groups in total. The number of urea groups is 1. The Bertz CT molecular complexity index is 824. The molecule has 1 atom stereocenters. The number of amides is 2. The fraction of sp³-hybridized carbons (Fsp3) is 0.545. The number of anilines is 1. The van der Waals surface area contributed by atoms with Crippen molar-refractivity contribution in [3.63, 3.8) is 0 Å². The smallest absolute Gasteiger partial charge is 0.315 e. The van der Waals surface area contributed by atoms with E-state index >= 15 is 0 Å². The number of carbonyl (C=O) groups is 1. The number of nitrogens with one attached hydrogen (secondary N) is 2. The number of hydrogen-bond donors (Lipinski definition) is 2. The van der Waals surface area contributed by atoms with Crippen LogP contribution >= 0.6 is 11.6 Å². The molecule has 29 heavy (non-hydrogen) atoms. The first kappa shape index (κ1) is 20.1. The van der Waals surface area contributed by atoms with Gasteiger partial charge >= 0.3 is 6.03 Å². The standard InChI is InChI=1S/C22H30ClN5O/c1-27-12-11-20(26-27)28-13-9-19(10-14-28)24-22(29)25-21(16-5-2-3-6-16)17-7-4-8-18(23)15-17/h4,7-8,11-12,15-16,19,21H,2-3,5-6,9-10,13-14H2,1H3,(H2,24,25,29)/t21-/m0/s1. The summed E-state index contributed by atoms with van der Waals surface area (Å²) in [6, 6.07) is 10.1. The molecule has 2 fully saturated rings. The molecule has 156 valence electrons. The molecule has 1 aromatic heterocycles. The van der Waals surface area contributed by atoms with Crippen LogP contribution in [0.25, 0.3) is 0 Å². The van der Waals surface area contributed by atoms with Crippen LogP contribution in [0.15, 0.2) is 36.5 Å². The number of aryl methyl sites for hydroxylation is 1. The van der Waals surface area contributed by atoms with E-state index in [0.717, 1.165) is 55.2 Å². The van der Waals surface area contributed by atoms with Gasteiger partial charge in [0.1, 0.15) is 0 Å². The van der Waals surface area contributed by atoms with Gasteiger partial charge in [-0.1, -0.05) is 36.6 Å². The van der Waals surface area contributed by atoms with E-state index in [-0.39, 0.29) is 18.1 Å². The van der Waals surface area contributed by atoms with E-state index in [4.69, 9.17) is 11.6 Å². The zero-order chi connectivity index (χ0) is 20.2. The lowest BCUT2D eigenvalue weighted by Gasteiger charge is -2.33. The minimum Gasteiger partial charge on any atom is -0.355 e. The van der Waals surface area contributed by atoms with Crippen molar-refractivity contribution in [3.8, 4) is 0 Å². The summed E-state index contributed by atoms with van der Waals surface area (Å²) >= 11 is 6.21. The average molecular weight is 416 g/mol. The van der Waals surface area contributed by atoms with Crippen molar-refractivity contribution >= 4 is 23.4 Å². The highest BCUT2D eigenvalue weighted by Gasteiger charge is 2.29. The molecule has 0 spiro atoms. The molecule has 2 amide bonds. The molecule has 0 bridgehead atoms. The highest BCUT2D eigenvalue weighted by atomic mass is 35.5. The average Bonchev–Trinajstić information content (AvgIpc) is 3.39. The van der Waals surface area contributed by atoms with E-state index in [1.54, 1.807) is 0 Å². The van der Waals surface area contributed by atoms with Crippen molar-refractivity contribution in [2.45, 2.75) is 50.6 Å². The Labute approximate surface area is 177 Å². The van der Waals surface area contributed by atoms with Gasteiger partial charge in [0.25, 0.3) is 0 Å². The molecule has 1 aliphatic heterocycles. The molecule has 2 aliphatic rings. The first-order valence-electron chi connectivity index (χ1n) is 10.7. The van der Waals surface area contributed by atoms with Gasteiger partial charge in [-0.05, 0) is 49.3 Å². The summed E-state index contributed by atoms with van der Waals surface area (Å²) in [6.07, 6.45) is 8.59. The third kappa shape index (κ3) is 5.04. The van der Waals surface area contributed by atoms with Crippen molar-refractivity contribution in [3.05, 3.63) is 47.1 Å². The van der Waals surface area contributed by atoms with Crippen LogP contribution in [0.2, 0.25) is 5.02 Å². The molecule has 1 saturated carbocycles. The van der Waals surface area contributed by atoms with Gasteiger partial charge in [0.15, 0.2) is 5.82 Å². The predicted molar refractivity (Wildman–Crippen MR) is 116 cm³/mol. The fourth-order valence-electron chi connectivity index (χ4n) is 4.66. The number of carbonyl (C=O) groups excluding carboxylic acids is 1. The first-order valence-corrected chi connectivity index (χ1v) is 11.0. The Hall–Kier alpha value is -2.21. The third-order valence-electron chi connectivity index (χ3n) is 6.22. The molecule has 6 nitrogen and oxygen atoms in total. The Kier molecular flexibility index (Phi) is 6.28. The number of hydrogen-bond acceptors (Lipinski definition) is 3. The summed E-state index contributed by atoms with van der Waals surface area (Å²) < 4.78 is 1.83. The second-order valence-electron chi connectivity index (χ2n) is 8.30. The van der Waals surface area contributed by atoms with E-state index in [2.05, 4.69) is 26.7 Å². The van der Waals surface area contributed by atoms with Crippen molar-refractivity contribution in [1.82, 2.24) is 20.4 Å². The number of benzene rings is 1. The molecule has 1 aromatic carbocycles. The zero-order valence-corrected chi connectivity index (χ0v) is 17.7.